The monoisotopic (exact) mass is 334 g/mol. The third-order valence-corrected chi connectivity index (χ3v) is 4.80. The van der Waals surface area contributed by atoms with E-state index in [1.165, 1.54) is 5.69 Å². The molecule has 1 aliphatic rings. The molecule has 1 saturated heterocycles. The maximum Gasteiger partial charge on any atom is 0.227 e. The van der Waals surface area contributed by atoms with Crippen LogP contribution in [0.25, 0.3) is 5.65 Å². The number of pyridine rings is 1. The zero-order chi connectivity index (χ0) is 17.1. The van der Waals surface area contributed by atoms with E-state index in [2.05, 4.69) is 20.5 Å². The predicted molar refractivity (Wildman–Crippen MR) is 97.2 cm³/mol. The minimum absolute atomic E-state index is 0.223. The van der Waals surface area contributed by atoms with Gasteiger partial charge < -0.3 is 9.30 Å². The molecule has 0 unspecified atom stereocenters. The quantitative estimate of drug-likeness (QED) is 0.735. The molecule has 0 atom stereocenters. The van der Waals surface area contributed by atoms with Crippen LogP contribution < -0.4 is 0 Å². The van der Waals surface area contributed by atoms with E-state index in [-0.39, 0.29) is 5.91 Å². The topological polar surface area (TPSA) is 40.9 Å². The number of carbonyl (C=O) groups is 1. The molecule has 5 heteroatoms. The van der Waals surface area contributed by atoms with Gasteiger partial charge in [0.25, 0.3) is 0 Å². The molecule has 1 amide bonds. The zero-order valence-electron chi connectivity index (χ0n) is 14.2. The Morgan fingerprint density at radius 1 is 0.960 bits per heavy atom. The molecule has 25 heavy (non-hydrogen) atoms. The lowest BCUT2D eigenvalue weighted by Gasteiger charge is -2.34. The van der Waals surface area contributed by atoms with Gasteiger partial charge in [-0.15, -0.1) is 0 Å². The van der Waals surface area contributed by atoms with Gasteiger partial charge in [-0.25, -0.2) is 4.98 Å². The molecular formula is C20H22N4O. The van der Waals surface area contributed by atoms with E-state index >= 15 is 0 Å². The maximum absolute atomic E-state index is 12.5. The molecule has 1 aliphatic heterocycles. The van der Waals surface area contributed by atoms with E-state index in [1.54, 1.807) is 0 Å². The highest BCUT2D eigenvalue weighted by molar-refractivity contribution is 5.78. The third-order valence-electron chi connectivity index (χ3n) is 4.80. The predicted octanol–water partition coefficient (Wildman–Crippen LogP) is 2.22. The molecule has 0 radical (unpaired) electrons. The lowest BCUT2D eigenvalue weighted by atomic mass is 10.1. The van der Waals surface area contributed by atoms with Crippen molar-refractivity contribution in [2.75, 3.05) is 26.2 Å². The highest BCUT2D eigenvalue weighted by Gasteiger charge is 2.21. The molecule has 128 valence electrons. The Labute approximate surface area is 147 Å². The lowest BCUT2D eigenvalue weighted by Crippen LogP contribution is -2.48. The Balaban J connectivity index is 1.33. The third kappa shape index (κ3) is 3.56. The van der Waals surface area contributed by atoms with Crippen LogP contribution in [0.15, 0.2) is 60.9 Å². The number of carbonyl (C=O) groups excluding carboxylic acids is 1. The zero-order valence-corrected chi connectivity index (χ0v) is 14.2. The Bertz CT molecular complexity index is 850. The fourth-order valence-corrected chi connectivity index (χ4v) is 3.37. The second-order valence-corrected chi connectivity index (χ2v) is 6.50. The highest BCUT2D eigenvalue weighted by Crippen LogP contribution is 2.12. The van der Waals surface area contributed by atoms with Gasteiger partial charge in [0.2, 0.25) is 5.91 Å². The maximum atomic E-state index is 12.5. The number of benzene rings is 1. The van der Waals surface area contributed by atoms with E-state index in [4.69, 9.17) is 0 Å². The van der Waals surface area contributed by atoms with Crippen LogP contribution in [-0.2, 0) is 17.8 Å². The normalized spacial score (nSPS) is 15.6. The molecule has 1 fully saturated rings. The SMILES string of the molecule is O=C(Cc1ccccc1)N1CCN(Cc2cnc3ccccn23)CC1. The van der Waals surface area contributed by atoms with Crippen LogP contribution in [0, 0.1) is 0 Å². The van der Waals surface area contributed by atoms with Crippen molar-refractivity contribution < 1.29 is 4.79 Å². The molecule has 0 N–H and O–H groups in total. The van der Waals surface area contributed by atoms with E-state index in [9.17, 15) is 4.79 Å². The second kappa shape index (κ2) is 7.07. The van der Waals surface area contributed by atoms with Crippen LogP contribution in [0.5, 0.6) is 0 Å². The van der Waals surface area contributed by atoms with Crippen LogP contribution in [0.3, 0.4) is 0 Å². The Hall–Kier alpha value is -2.66. The van der Waals surface area contributed by atoms with E-state index in [0.29, 0.717) is 6.42 Å². The summed E-state index contributed by atoms with van der Waals surface area (Å²) in [6, 6.07) is 16.0. The molecule has 1 aromatic carbocycles. The van der Waals surface area contributed by atoms with Gasteiger partial charge in [0, 0.05) is 38.9 Å². The van der Waals surface area contributed by atoms with Crippen LogP contribution in [0.1, 0.15) is 11.3 Å². The molecule has 0 spiro atoms. The van der Waals surface area contributed by atoms with Crippen molar-refractivity contribution in [1.29, 1.82) is 0 Å². The fraction of sp³-hybridized carbons (Fsp3) is 0.300. The average Bonchev–Trinajstić information content (AvgIpc) is 3.06. The molecule has 3 heterocycles. The van der Waals surface area contributed by atoms with E-state index < -0.39 is 0 Å². The Morgan fingerprint density at radius 3 is 2.52 bits per heavy atom. The summed E-state index contributed by atoms with van der Waals surface area (Å²) in [5, 5.41) is 0. The van der Waals surface area contributed by atoms with Crippen molar-refractivity contribution in [3.8, 4) is 0 Å². The number of fused-ring (bicyclic) bond motifs is 1. The van der Waals surface area contributed by atoms with Gasteiger partial charge in [-0.3, -0.25) is 9.69 Å². The van der Waals surface area contributed by atoms with Gasteiger partial charge >= 0.3 is 0 Å². The van der Waals surface area contributed by atoms with Crippen LogP contribution in [-0.4, -0.2) is 51.3 Å². The van der Waals surface area contributed by atoms with Gasteiger partial charge in [-0.1, -0.05) is 36.4 Å². The summed E-state index contributed by atoms with van der Waals surface area (Å²) in [5.41, 5.74) is 3.26. The average molecular weight is 334 g/mol. The van der Waals surface area contributed by atoms with Crippen molar-refractivity contribution >= 4 is 11.6 Å². The number of rotatable bonds is 4. The molecule has 5 nitrogen and oxygen atoms in total. The number of amides is 1. The summed E-state index contributed by atoms with van der Waals surface area (Å²) in [6.45, 7) is 4.26. The van der Waals surface area contributed by atoms with Gasteiger partial charge in [0.1, 0.15) is 5.65 Å². The van der Waals surface area contributed by atoms with Crippen LogP contribution >= 0.6 is 0 Å². The first-order chi connectivity index (χ1) is 12.3. The van der Waals surface area contributed by atoms with Gasteiger partial charge in [0.05, 0.1) is 18.3 Å². The van der Waals surface area contributed by atoms with Crippen molar-refractivity contribution in [3.05, 3.63) is 72.2 Å². The van der Waals surface area contributed by atoms with Crippen LogP contribution in [0.2, 0.25) is 0 Å². The molecule has 0 bridgehead atoms. The lowest BCUT2D eigenvalue weighted by molar-refractivity contribution is -0.132. The number of piperazine rings is 1. The Kier molecular flexibility index (Phi) is 4.48. The molecular weight excluding hydrogens is 312 g/mol. The largest absolute Gasteiger partial charge is 0.340 e. The minimum Gasteiger partial charge on any atom is -0.340 e. The summed E-state index contributed by atoms with van der Waals surface area (Å²) >= 11 is 0. The molecule has 0 saturated carbocycles. The summed E-state index contributed by atoms with van der Waals surface area (Å²) < 4.78 is 2.13. The number of hydrogen-bond acceptors (Lipinski definition) is 3. The second-order valence-electron chi connectivity index (χ2n) is 6.50. The van der Waals surface area contributed by atoms with E-state index in [1.807, 2.05) is 59.6 Å². The van der Waals surface area contributed by atoms with Gasteiger partial charge in [0.15, 0.2) is 0 Å². The standard InChI is InChI=1S/C20H22N4O/c25-20(14-17-6-2-1-3-7-17)23-12-10-22(11-13-23)16-18-15-21-19-8-4-5-9-24(18)19/h1-9,15H,10-14,16H2. The number of nitrogens with zero attached hydrogens (tertiary/aromatic N) is 4. The summed E-state index contributed by atoms with van der Waals surface area (Å²) in [4.78, 5) is 21.3. The van der Waals surface area contributed by atoms with E-state index in [0.717, 1.165) is 43.9 Å². The van der Waals surface area contributed by atoms with Crippen molar-refractivity contribution in [2.45, 2.75) is 13.0 Å². The van der Waals surface area contributed by atoms with Crippen molar-refractivity contribution in [3.63, 3.8) is 0 Å². The molecule has 2 aromatic heterocycles. The smallest absolute Gasteiger partial charge is 0.227 e. The first-order valence-electron chi connectivity index (χ1n) is 8.74. The number of hydrogen-bond donors (Lipinski definition) is 0. The van der Waals surface area contributed by atoms with Crippen LogP contribution in [0.4, 0.5) is 0 Å². The number of aromatic nitrogens is 2. The summed E-state index contributed by atoms with van der Waals surface area (Å²) in [6.07, 6.45) is 4.49. The highest BCUT2D eigenvalue weighted by atomic mass is 16.2. The minimum atomic E-state index is 0.223. The molecule has 0 aliphatic carbocycles. The Morgan fingerprint density at radius 2 is 1.72 bits per heavy atom. The fourth-order valence-electron chi connectivity index (χ4n) is 3.37. The molecule has 3 aromatic rings. The van der Waals surface area contributed by atoms with Crippen molar-refractivity contribution in [2.24, 2.45) is 0 Å². The van der Waals surface area contributed by atoms with Gasteiger partial charge in [-0.05, 0) is 17.7 Å². The summed E-state index contributed by atoms with van der Waals surface area (Å²) in [5.74, 6) is 0.223. The molecule has 4 rings (SSSR count). The summed E-state index contributed by atoms with van der Waals surface area (Å²) in [7, 11) is 0. The number of imidazole rings is 1. The van der Waals surface area contributed by atoms with Gasteiger partial charge in [-0.2, -0.15) is 0 Å². The first kappa shape index (κ1) is 15.8. The first-order valence-corrected chi connectivity index (χ1v) is 8.74. The van der Waals surface area contributed by atoms with Crippen molar-refractivity contribution in [1.82, 2.24) is 19.2 Å².